The number of ether oxygens (including phenoxy) is 2. The molecule has 1 amide bonds. The van der Waals surface area contributed by atoms with E-state index < -0.39 is 0 Å². The molecule has 0 radical (unpaired) electrons. The number of anilines is 1. The van der Waals surface area contributed by atoms with E-state index in [4.69, 9.17) is 4.74 Å². The summed E-state index contributed by atoms with van der Waals surface area (Å²) in [6, 6.07) is 12.2. The van der Waals surface area contributed by atoms with Crippen LogP contribution in [-0.4, -0.2) is 51.8 Å². The molecule has 2 heterocycles. The highest BCUT2D eigenvalue weighted by atomic mass is 32.1. The summed E-state index contributed by atoms with van der Waals surface area (Å²) < 4.78 is 10.1. The zero-order chi connectivity index (χ0) is 20.5. The number of morpholine rings is 1. The van der Waals surface area contributed by atoms with Crippen LogP contribution >= 0.6 is 11.3 Å². The maximum Gasteiger partial charge on any atom is 0.305 e. The van der Waals surface area contributed by atoms with Crippen LogP contribution in [0.5, 0.6) is 0 Å². The summed E-state index contributed by atoms with van der Waals surface area (Å²) in [7, 11) is 1.40. The highest BCUT2D eigenvalue weighted by Gasteiger charge is 2.21. The molecule has 0 bridgehead atoms. The number of esters is 1. The third-order valence-corrected chi connectivity index (χ3v) is 6.08. The summed E-state index contributed by atoms with van der Waals surface area (Å²) in [6.07, 6.45) is 2.93. The Bertz CT molecular complexity index is 800. The first-order chi connectivity index (χ1) is 14.2. The predicted octanol–water partition coefficient (Wildman–Crippen LogP) is 3.71. The quantitative estimate of drug-likeness (QED) is 0.499. The second kappa shape index (κ2) is 11.0. The molecule has 2 aromatic rings. The lowest BCUT2D eigenvalue weighted by molar-refractivity contribution is -0.140. The van der Waals surface area contributed by atoms with Gasteiger partial charge >= 0.3 is 5.97 Å². The number of benzene rings is 1. The van der Waals surface area contributed by atoms with Crippen LogP contribution in [0.25, 0.3) is 11.1 Å². The number of unbranched alkanes of at least 4 members (excludes halogenated alkanes) is 2. The number of amides is 1. The molecule has 7 heteroatoms. The van der Waals surface area contributed by atoms with Crippen molar-refractivity contribution in [1.82, 2.24) is 5.32 Å². The van der Waals surface area contributed by atoms with Gasteiger partial charge in [-0.25, -0.2) is 0 Å². The number of methoxy groups -OCH3 is 1. The number of rotatable bonds is 9. The van der Waals surface area contributed by atoms with Crippen molar-refractivity contribution < 1.29 is 19.1 Å². The van der Waals surface area contributed by atoms with Gasteiger partial charge in [0.2, 0.25) is 0 Å². The van der Waals surface area contributed by atoms with Crippen LogP contribution in [0.4, 0.5) is 5.00 Å². The van der Waals surface area contributed by atoms with E-state index in [1.807, 2.05) is 24.3 Å². The second-order valence-corrected chi connectivity index (χ2v) is 7.97. The molecule has 3 rings (SSSR count). The van der Waals surface area contributed by atoms with Gasteiger partial charge in [-0.15, -0.1) is 11.3 Å². The van der Waals surface area contributed by atoms with Crippen LogP contribution < -0.4 is 10.2 Å². The number of hydrogen-bond acceptors (Lipinski definition) is 6. The Morgan fingerprint density at radius 2 is 1.90 bits per heavy atom. The highest BCUT2D eigenvalue weighted by Crippen LogP contribution is 2.39. The third kappa shape index (κ3) is 6.05. The molecule has 1 aromatic carbocycles. The van der Waals surface area contributed by atoms with Crippen LogP contribution in [0.3, 0.4) is 0 Å². The lowest BCUT2D eigenvalue weighted by Gasteiger charge is -2.28. The van der Waals surface area contributed by atoms with Gasteiger partial charge in [-0.2, -0.15) is 0 Å². The first kappa shape index (κ1) is 21.3. The Kier molecular flexibility index (Phi) is 8.07. The van der Waals surface area contributed by atoms with Crippen LogP contribution in [0.15, 0.2) is 36.4 Å². The highest BCUT2D eigenvalue weighted by molar-refractivity contribution is 7.18. The molecular weight excluding hydrogens is 388 g/mol. The summed E-state index contributed by atoms with van der Waals surface area (Å²) >= 11 is 1.54. The van der Waals surface area contributed by atoms with E-state index in [1.54, 1.807) is 11.3 Å². The second-order valence-electron chi connectivity index (χ2n) is 6.94. The molecule has 0 atom stereocenters. The van der Waals surface area contributed by atoms with Gasteiger partial charge in [0.1, 0.15) is 0 Å². The van der Waals surface area contributed by atoms with Crippen molar-refractivity contribution in [2.24, 2.45) is 0 Å². The number of thiophene rings is 1. The van der Waals surface area contributed by atoms with Crippen molar-refractivity contribution in [3.05, 3.63) is 41.3 Å². The minimum atomic E-state index is -0.184. The first-order valence-corrected chi connectivity index (χ1v) is 10.9. The van der Waals surface area contributed by atoms with Crippen LogP contribution in [0.2, 0.25) is 0 Å². The van der Waals surface area contributed by atoms with Crippen molar-refractivity contribution in [3.8, 4) is 11.1 Å². The molecule has 29 heavy (non-hydrogen) atoms. The average Bonchev–Trinajstić information content (AvgIpc) is 3.22. The maximum absolute atomic E-state index is 12.7. The maximum atomic E-state index is 12.7. The van der Waals surface area contributed by atoms with Crippen molar-refractivity contribution in [2.75, 3.05) is 44.9 Å². The largest absolute Gasteiger partial charge is 0.469 e. The SMILES string of the molecule is COC(=O)CCCCCNC(=O)c1cc(-c2ccccc2)c(N2CCOCC2)s1. The van der Waals surface area contributed by atoms with E-state index in [0.717, 1.165) is 53.4 Å². The zero-order valence-electron chi connectivity index (χ0n) is 16.8. The zero-order valence-corrected chi connectivity index (χ0v) is 17.6. The summed E-state index contributed by atoms with van der Waals surface area (Å²) in [5.74, 6) is -0.226. The van der Waals surface area contributed by atoms with E-state index in [2.05, 4.69) is 27.1 Å². The van der Waals surface area contributed by atoms with E-state index in [-0.39, 0.29) is 11.9 Å². The number of hydrogen-bond donors (Lipinski definition) is 1. The summed E-state index contributed by atoms with van der Waals surface area (Å²) in [5.41, 5.74) is 2.22. The molecular formula is C22H28N2O4S. The predicted molar refractivity (Wildman–Crippen MR) is 116 cm³/mol. The van der Waals surface area contributed by atoms with Crippen LogP contribution in [0, 0.1) is 0 Å². The summed E-state index contributed by atoms with van der Waals surface area (Å²) in [4.78, 5) is 26.8. The summed E-state index contributed by atoms with van der Waals surface area (Å²) in [5, 5.41) is 4.14. The molecule has 1 aliphatic heterocycles. The van der Waals surface area contributed by atoms with Gasteiger partial charge in [-0.3, -0.25) is 9.59 Å². The number of nitrogens with one attached hydrogen (secondary N) is 1. The molecule has 0 spiro atoms. The van der Waals surface area contributed by atoms with Gasteiger partial charge in [0.15, 0.2) is 0 Å². The molecule has 1 aliphatic rings. The Hall–Kier alpha value is -2.38. The van der Waals surface area contributed by atoms with E-state index in [1.165, 1.54) is 7.11 Å². The van der Waals surface area contributed by atoms with Gasteiger partial charge in [-0.1, -0.05) is 36.8 Å². The normalized spacial score (nSPS) is 13.9. The fourth-order valence-corrected chi connectivity index (χ4v) is 4.43. The molecule has 0 unspecified atom stereocenters. The topological polar surface area (TPSA) is 67.9 Å². The van der Waals surface area contributed by atoms with Gasteiger partial charge < -0.3 is 19.7 Å². The van der Waals surface area contributed by atoms with Crippen molar-refractivity contribution in [3.63, 3.8) is 0 Å². The van der Waals surface area contributed by atoms with Crippen molar-refractivity contribution in [1.29, 1.82) is 0 Å². The molecule has 6 nitrogen and oxygen atoms in total. The Balaban J connectivity index is 1.62. The molecule has 1 saturated heterocycles. The van der Waals surface area contributed by atoms with Crippen LogP contribution in [-0.2, 0) is 14.3 Å². The van der Waals surface area contributed by atoms with E-state index in [9.17, 15) is 9.59 Å². The first-order valence-electron chi connectivity index (χ1n) is 10.1. The smallest absolute Gasteiger partial charge is 0.305 e. The van der Waals surface area contributed by atoms with Crippen molar-refractivity contribution >= 4 is 28.2 Å². The van der Waals surface area contributed by atoms with E-state index in [0.29, 0.717) is 26.2 Å². The average molecular weight is 417 g/mol. The Morgan fingerprint density at radius 3 is 2.62 bits per heavy atom. The lowest BCUT2D eigenvalue weighted by Crippen LogP contribution is -2.35. The lowest BCUT2D eigenvalue weighted by atomic mass is 10.1. The summed E-state index contributed by atoms with van der Waals surface area (Å²) in [6.45, 7) is 3.69. The van der Waals surface area contributed by atoms with Crippen LogP contribution in [0.1, 0.15) is 35.4 Å². The van der Waals surface area contributed by atoms with Crippen molar-refractivity contribution in [2.45, 2.75) is 25.7 Å². The fraction of sp³-hybridized carbons (Fsp3) is 0.455. The minimum absolute atomic E-state index is 0.0420. The van der Waals surface area contributed by atoms with Gasteiger partial charge in [0, 0.05) is 31.6 Å². The van der Waals surface area contributed by atoms with E-state index >= 15 is 0 Å². The standard InChI is InChI=1S/C22H28N2O4S/c1-27-20(25)10-6-3-7-11-23-21(26)19-16-18(17-8-4-2-5-9-17)22(29-19)24-12-14-28-15-13-24/h2,4-5,8-9,16H,3,6-7,10-15H2,1H3,(H,23,26). The Labute approximate surface area is 175 Å². The third-order valence-electron chi connectivity index (χ3n) is 4.89. The Morgan fingerprint density at radius 1 is 1.14 bits per heavy atom. The molecule has 0 saturated carbocycles. The molecule has 1 fully saturated rings. The van der Waals surface area contributed by atoms with Gasteiger partial charge in [-0.05, 0) is 24.5 Å². The van der Waals surface area contributed by atoms with Gasteiger partial charge in [0.25, 0.3) is 5.91 Å². The van der Waals surface area contributed by atoms with Gasteiger partial charge in [0.05, 0.1) is 30.2 Å². The molecule has 1 aromatic heterocycles. The fourth-order valence-electron chi connectivity index (χ4n) is 3.28. The number of carbonyl (C=O) groups excluding carboxylic acids is 2. The minimum Gasteiger partial charge on any atom is -0.469 e. The number of carbonyl (C=O) groups is 2. The molecule has 0 aliphatic carbocycles. The number of nitrogens with zero attached hydrogens (tertiary/aromatic N) is 1. The molecule has 156 valence electrons. The monoisotopic (exact) mass is 416 g/mol. The molecule has 1 N–H and O–H groups in total.